The Morgan fingerprint density at radius 2 is 0.733 bits per heavy atom. The van der Waals surface area contributed by atoms with Gasteiger partial charge in [-0.05, 0) is 12.1 Å². The Hall–Kier alpha value is 2.54. The average molecular weight is 511 g/mol. The summed E-state index contributed by atoms with van der Waals surface area (Å²) < 4.78 is 0. The zero-order chi connectivity index (χ0) is 19.6. The van der Waals surface area contributed by atoms with Gasteiger partial charge in [-0.3, -0.25) is 4.79 Å². The Kier molecular flexibility index (Phi) is 21.1. The van der Waals surface area contributed by atoms with Crippen LogP contribution in [0, 0.1) is 0 Å². The zero-order valence-electron chi connectivity index (χ0n) is 16.6. The van der Waals surface area contributed by atoms with Gasteiger partial charge in [0.2, 0.25) is 0 Å². The van der Waals surface area contributed by atoms with Gasteiger partial charge in [-0.2, -0.15) is 0 Å². The number of carbonyl (C=O) groups is 5. The van der Waals surface area contributed by atoms with E-state index in [1.807, 2.05) is 0 Å². The fourth-order valence-corrected chi connectivity index (χ4v) is 2.23. The summed E-state index contributed by atoms with van der Waals surface area (Å²) in [6.07, 6.45) is 0. The summed E-state index contributed by atoms with van der Waals surface area (Å²) in [6, 6.07) is 5.09. The van der Waals surface area contributed by atoms with Crippen LogP contribution < -0.4 is 226 Å². The monoisotopic (exact) mass is 510 g/mol. The molecule has 2 aromatic carbocycles. The summed E-state index contributed by atoms with van der Waals surface area (Å²) in [5, 5.41) is 43.8. The summed E-state index contributed by atoms with van der Waals surface area (Å²) in [6.45, 7) is 0. The molecule has 0 N–H and O–H groups in total. The molecule has 0 heterocycles. The van der Waals surface area contributed by atoms with Gasteiger partial charge < -0.3 is 39.6 Å². The van der Waals surface area contributed by atoms with Crippen molar-refractivity contribution in [3.8, 4) is 0 Å². The number of hydrogen-bond donors (Lipinski definition) is 0. The van der Waals surface area contributed by atoms with E-state index in [0.29, 0.717) is 0 Å². The van der Waals surface area contributed by atoms with E-state index in [1.54, 1.807) is 0 Å². The van der Waals surface area contributed by atoms with Crippen molar-refractivity contribution in [1.82, 2.24) is 0 Å². The molecule has 0 aliphatic carbocycles. The van der Waals surface area contributed by atoms with Crippen molar-refractivity contribution in [3.63, 3.8) is 0 Å². The van der Waals surface area contributed by atoms with Crippen molar-refractivity contribution >= 4 is 29.7 Å². The molecule has 0 aromatic heterocycles. The van der Waals surface area contributed by atoms with Crippen LogP contribution in [-0.2, 0) is 0 Å². The van der Waals surface area contributed by atoms with Gasteiger partial charge in [0.05, 0.1) is 23.9 Å². The first-order chi connectivity index (χ1) is 12.1. The van der Waals surface area contributed by atoms with Crippen LogP contribution in [0.1, 0.15) is 57.4 Å². The summed E-state index contributed by atoms with van der Waals surface area (Å²) in [5.74, 6) is -8.19. The largest absolute Gasteiger partial charge is 1.00 e. The zero-order valence-corrected chi connectivity index (χ0v) is 29.1. The Bertz CT molecular complexity index is 912. The van der Waals surface area contributed by atoms with E-state index < -0.39 is 51.9 Å². The minimum Gasteiger partial charge on any atom is -0.545 e. The van der Waals surface area contributed by atoms with E-state index >= 15 is 0 Å². The third-order valence-corrected chi connectivity index (χ3v) is 3.44. The summed E-state index contributed by atoms with van der Waals surface area (Å²) >= 11 is 0. The fourth-order valence-electron chi connectivity index (χ4n) is 2.23. The van der Waals surface area contributed by atoms with Gasteiger partial charge in [0.15, 0.2) is 5.78 Å². The van der Waals surface area contributed by atoms with Gasteiger partial charge >= 0.3 is 206 Å². The van der Waals surface area contributed by atoms with E-state index in [9.17, 15) is 44.4 Å². The van der Waals surface area contributed by atoms with Gasteiger partial charge in [-0.15, -0.1) is 0 Å². The SMILES string of the molecule is O=C(c1ccc(C(=O)[O-])c(C(=O)[O-])c1)c1ccc(C(=O)[O-])c(C(=O)[O-])c1.[K+].[K+].[K+].[K+]. The number of hydrogen-bond acceptors (Lipinski definition) is 9. The molecule has 0 fully saturated rings. The standard InChI is InChI=1S/C17H10O9.4K/c18-13(7-1-3-9(14(19)20)11(5-7)16(23)24)8-2-4-10(15(21)22)12(6-8)17(25)26;;;;/h1-6H,(H,19,20)(H,21,22)(H,23,24)(H,25,26);;;;/q;4*+1/p-4. The van der Waals surface area contributed by atoms with E-state index in [-0.39, 0.29) is 217 Å². The second-order valence-corrected chi connectivity index (χ2v) is 5.00. The van der Waals surface area contributed by atoms with Crippen molar-refractivity contribution in [2.24, 2.45) is 0 Å². The number of carbonyl (C=O) groups excluding carboxylic acids is 5. The maximum Gasteiger partial charge on any atom is 1.00 e. The number of rotatable bonds is 6. The van der Waals surface area contributed by atoms with Crippen LogP contribution in [0.4, 0.5) is 0 Å². The van der Waals surface area contributed by atoms with Gasteiger partial charge in [-0.1, -0.05) is 24.3 Å². The summed E-state index contributed by atoms with van der Waals surface area (Å²) in [5.41, 5.74) is -3.60. The second-order valence-electron chi connectivity index (χ2n) is 5.00. The van der Waals surface area contributed by atoms with Gasteiger partial charge in [0.1, 0.15) is 0 Å². The van der Waals surface area contributed by atoms with E-state index in [0.717, 1.165) is 36.4 Å². The normalized spacial score (nSPS) is 8.80. The molecule has 0 aliphatic heterocycles. The molecule has 0 atom stereocenters. The molecule has 13 heteroatoms. The van der Waals surface area contributed by atoms with Crippen LogP contribution in [0.2, 0.25) is 0 Å². The van der Waals surface area contributed by atoms with Gasteiger partial charge in [0.25, 0.3) is 0 Å². The molecular formula is C17H6K4O9. The van der Waals surface area contributed by atoms with Gasteiger partial charge in [-0.25, -0.2) is 0 Å². The minimum absolute atomic E-state index is 0. The first-order valence-corrected chi connectivity index (χ1v) is 6.81. The number of carboxylic acid groups (broad SMARTS) is 4. The van der Waals surface area contributed by atoms with Crippen molar-refractivity contribution in [2.75, 3.05) is 0 Å². The molecule has 0 bridgehead atoms. The molecule has 0 unspecified atom stereocenters. The quantitative estimate of drug-likeness (QED) is 0.269. The van der Waals surface area contributed by atoms with E-state index in [1.165, 1.54) is 0 Å². The second kappa shape index (κ2) is 17.0. The molecule has 2 aromatic rings. The van der Waals surface area contributed by atoms with Crippen LogP contribution in [-0.4, -0.2) is 29.7 Å². The average Bonchev–Trinajstić information content (AvgIpc) is 2.59. The van der Waals surface area contributed by atoms with E-state index in [2.05, 4.69) is 0 Å². The fraction of sp³-hybridized carbons (Fsp3) is 0. The molecule has 0 saturated carbocycles. The smallest absolute Gasteiger partial charge is 0.545 e. The Labute approximate surface area is 340 Å². The van der Waals surface area contributed by atoms with Crippen molar-refractivity contribution in [2.45, 2.75) is 0 Å². The summed E-state index contributed by atoms with van der Waals surface area (Å²) in [4.78, 5) is 56.2. The van der Waals surface area contributed by atoms with Gasteiger partial charge in [0, 0.05) is 33.4 Å². The maximum atomic E-state index is 12.4. The van der Waals surface area contributed by atoms with Crippen molar-refractivity contribution in [3.05, 3.63) is 69.8 Å². The molecule has 9 nitrogen and oxygen atoms in total. The first-order valence-electron chi connectivity index (χ1n) is 6.81. The third kappa shape index (κ3) is 9.65. The topological polar surface area (TPSA) is 178 Å². The molecule has 0 radical (unpaired) electrons. The number of ketones is 1. The third-order valence-electron chi connectivity index (χ3n) is 3.44. The molecule has 2 rings (SSSR count). The Balaban J connectivity index is -0.00000182. The van der Waals surface area contributed by atoms with Crippen molar-refractivity contribution in [1.29, 1.82) is 0 Å². The van der Waals surface area contributed by atoms with Crippen LogP contribution in [0.5, 0.6) is 0 Å². The molecular weight excluding hydrogens is 505 g/mol. The molecule has 30 heavy (non-hydrogen) atoms. The Morgan fingerprint density at radius 3 is 0.967 bits per heavy atom. The number of carboxylic acids is 4. The van der Waals surface area contributed by atoms with Crippen LogP contribution in [0.25, 0.3) is 0 Å². The van der Waals surface area contributed by atoms with E-state index in [4.69, 9.17) is 0 Å². The number of benzene rings is 2. The molecule has 0 amide bonds. The predicted molar refractivity (Wildman–Crippen MR) is 73.6 cm³/mol. The Morgan fingerprint density at radius 1 is 0.467 bits per heavy atom. The molecule has 0 saturated heterocycles. The van der Waals surface area contributed by atoms with Crippen LogP contribution >= 0.6 is 0 Å². The summed E-state index contributed by atoms with van der Waals surface area (Å²) in [7, 11) is 0. The number of aromatic carboxylic acids is 4. The van der Waals surface area contributed by atoms with Crippen LogP contribution in [0.15, 0.2) is 36.4 Å². The van der Waals surface area contributed by atoms with Crippen molar-refractivity contribution < 1.29 is 250 Å². The predicted octanol–water partition coefficient (Wildman–Crippen LogP) is -15.6. The molecule has 0 spiro atoms. The minimum atomic E-state index is -1.86. The first kappa shape index (κ1) is 37.1. The van der Waals surface area contributed by atoms with Crippen LogP contribution in [0.3, 0.4) is 0 Å². The maximum absolute atomic E-state index is 12.4. The molecule has 132 valence electrons. The molecule has 0 aliphatic rings.